The number of methoxy groups -OCH3 is 1. The van der Waals surface area contributed by atoms with Crippen LogP contribution in [-0.4, -0.2) is 52.5 Å². The van der Waals surface area contributed by atoms with Gasteiger partial charge in [0.05, 0.1) is 19.3 Å². The van der Waals surface area contributed by atoms with Gasteiger partial charge in [-0.05, 0) is 12.8 Å². The maximum Gasteiger partial charge on any atom is 0.191 e. The van der Waals surface area contributed by atoms with E-state index in [-0.39, 0.29) is 24.0 Å². The summed E-state index contributed by atoms with van der Waals surface area (Å²) < 4.78 is 10.9. The van der Waals surface area contributed by atoms with Gasteiger partial charge in [0, 0.05) is 27.2 Å². The normalized spacial score (nSPS) is 17.2. The molecule has 2 N–H and O–H groups in total. The van der Waals surface area contributed by atoms with Gasteiger partial charge in [-0.1, -0.05) is 25.7 Å². The molecule has 20 heavy (non-hydrogen) atoms. The fourth-order valence-electron chi connectivity index (χ4n) is 2.30. The summed E-state index contributed by atoms with van der Waals surface area (Å²) in [6.45, 7) is 2.98. The zero-order chi connectivity index (χ0) is 13.8. The van der Waals surface area contributed by atoms with Crippen LogP contribution in [0.5, 0.6) is 0 Å². The molecule has 0 amide bonds. The number of guanidine groups is 1. The summed E-state index contributed by atoms with van der Waals surface area (Å²) in [5, 5.41) is 6.42. The molecule has 0 atom stereocenters. The third kappa shape index (κ3) is 9.77. The molecular weight excluding hydrogens is 369 g/mol. The highest BCUT2D eigenvalue weighted by Gasteiger charge is 2.11. The average Bonchev–Trinajstić information content (AvgIpc) is 2.70. The molecule has 0 spiro atoms. The highest BCUT2D eigenvalue weighted by molar-refractivity contribution is 14.0. The molecular formula is C14H30IN3O2. The van der Waals surface area contributed by atoms with E-state index in [1.165, 1.54) is 38.5 Å². The summed E-state index contributed by atoms with van der Waals surface area (Å²) in [4.78, 5) is 4.14. The highest BCUT2D eigenvalue weighted by atomic mass is 127. The number of hydrogen-bond donors (Lipinski definition) is 2. The van der Waals surface area contributed by atoms with Crippen molar-refractivity contribution in [2.75, 3.05) is 40.5 Å². The van der Waals surface area contributed by atoms with E-state index in [4.69, 9.17) is 9.47 Å². The summed E-state index contributed by atoms with van der Waals surface area (Å²) in [6, 6.07) is 0. The van der Waals surface area contributed by atoms with Crippen molar-refractivity contribution >= 4 is 29.9 Å². The fourth-order valence-corrected chi connectivity index (χ4v) is 2.30. The quantitative estimate of drug-likeness (QED) is 0.227. The molecule has 0 aromatic carbocycles. The van der Waals surface area contributed by atoms with Crippen molar-refractivity contribution in [1.29, 1.82) is 0 Å². The van der Waals surface area contributed by atoms with Crippen LogP contribution in [0.1, 0.15) is 38.5 Å². The van der Waals surface area contributed by atoms with Crippen LogP contribution in [0.15, 0.2) is 4.99 Å². The average molecular weight is 399 g/mol. The van der Waals surface area contributed by atoms with Gasteiger partial charge >= 0.3 is 0 Å². The molecule has 0 bridgehead atoms. The van der Waals surface area contributed by atoms with Crippen molar-refractivity contribution in [3.8, 4) is 0 Å². The molecule has 0 aromatic heterocycles. The maximum atomic E-state index is 5.91. The van der Waals surface area contributed by atoms with Gasteiger partial charge in [0.25, 0.3) is 0 Å². The van der Waals surface area contributed by atoms with Crippen LogP contribution >= 0.6 is 24.0 Å². The summed E-state index contributed by atoms with van der Waals surface area (Å²) >= 11 is 0. The second-order valence-corrected chi connectivity index (χ2v) is 4.90. The van der Waals surface area contributed by atoms with E-state index in [1.807, 2.05) is 0 Å². The molecule has 1 fully saturated rings. The lowest BCUT2D eigenvalue weighted by atomic mass is 10.1. The molecule has 0 aliphatic heterocycles. The van der Waals surface area contributed by atoms with Crippen LogP contribution in [-0.2, 0) is 9.47 Å². The second kappa shape index (κ2) is 13.9. The Hall–Kier alpha value is -0.0800. The number of nitrogens with one attached hydrogen (secondary N) is 2. The molecule has 0 saturated heterocycles. The monoisotopic (exact) mass is 399 g/mol. The number of rotatable bonds is 7. The number of nitrogens with zero attached hydrogens (tertiary/aromatic N) is 1. The van der Waals surface area contributed by atoms with E-state index in [0.717, 1.165) is 25.7 Å². The van der Waals surface area contributed by atoms with E-state index in [9.17, 15) is 0 Å². The number of hydrogen-bond acceptors (Lipinski definition) is 3. The smallest absolute Gasteiger partial charge is 0.191 e. The Bertz CT molecular complexity index is 245. The predicted molar refractivity (Wildman–Crippen MR) is 94.1 cm³/mol. The third-order valence-electron chi connectivity index (χ3n) is 3.37. The van der Waals surface area contributed by atoms with Crippen molar-refractivity contribution in [3.05, 3.63) is 0 Å². The lowest BCUT2D eigenvalue weighted by Crippen LogP contribution is -2.40. The Morgan fingerprint density at radius 2 is 1.65 bits per heavy atom. The fraction of sp³-hybridized carbons (Fsp3) is 0.929. The summed E-state index contributed by atoms with van der Waals surface area (Å²) in [5.41, 5.74) is 0. The Balaban J connectivity index is 0.00000361. The topological polar surface area (TPSA) is 54.9 Å². The molecule has 0 radical (unpaired) electrons. The Morgan fingerprint density at radius 3 is 2.20 bits per heavy atom. The molecule has 0 unspecified atom stereocenters. The second-order valence-electron chi connectivity index (χ2n) is 4.90. The molecule has 1 aliphatic rings. The molecule has 0 heterocycles. The van der Waals surface area contributed by atoms with Crippen molar-refractivity contribution < 1.29 is 9.47 Å². The molecule has 120 valence electrons. The zero-order valence-corrected chi connectivity index (χ0v) is 15.2. The van der Waals surface area contributed by atoms with E-state index in [0.29, 0.717) is 12.7 Å². The van der Waals surface area contributed by atoms with Crippen molar-refractivity contribution in [2.24, 2.45) is 4.99 Å². The van der Waals surface area contributed by atoms with Gasteiger partial charge < -0.3 is 20.1 Å². The van der Waals surface area contributed by atoms with Crippen molar-refractivity contribution in [3.63, 3.8) is 0 Å². The van der Waals surface area contributed by atoms with Crippen LogP contribution in [0.4, 0.5) is 0 Å². The van der Waals surface area contributed by atoms with Gasteiger partial charge in [-0.25, -0.2) is 0 Å². The van der Waals surface area contributed by atoms with Crippen LogP contribution in [0.2, 0.25) is 0 Å². The summed E-state index contributed by atoms with van der Waals surface area (Å²) in [6.07, 6.45) is 8.29. The lowest BCUT2D eigenvalue weighted by Gasteiger charge is -2.16. The first-order valence-electron chi connectivity index (χ1n) is 7.42. The van der Waals surface area contributed by atoms with Gasteiger partial charge in [-0.3, -0.25) is 4.99 Å². The van der Waals surface area contributed by atoms with Crippen molar-refractivity contribution in [2.45, 2.75) is 44.6 Å². The predicted octanol–water partition coefficient (Wildman–Crippen LogP) is 2.16. The highest BCUT2D eigenvalue weighted by Crippen LogP contribution is 2.19. The third-order valence-corrected chi connectivity index (χ3v) is 3.37. The molecule has 1 aliphatic carbocycles. The van der Waals surface area contributed by atoms with Gasteiger partial charge in [-0.2, -0.15) is 0 Å². The van der Waals surface area contributed by atoms with Gasteiger partial charge in [0.2, 0.25) is 0 Å². The first-order valence-corrected chi connectivity index (χ1v) is 7.42. The van der Waals surface area contributed by atoms with Gasteiger partial charge in [0.15, 0.2) is 5.96 Å². The van der Waals surface area contributed by atoms with E-state index < -0.39 is 0 Å². The van der Waals surface area contributed by atoms with E-state index in [2.05, 4.69) is 15.6 Å². The number of aliphatic imine (C=N–C) groups is 1. The molecule has 5 nitrogen and oxygen atoms in total. The van der Waals surface area contributed by atoms with E-state index in [1.54, 1.807) is 14.2 Å². The maximum absolute atomic E-state index is 5.91. The Kier molecular flexibility index (Phi) is 13.8. The molecule has 6 heteroatoms. The van der Waals surface area contributed by atoms with Crippen LogP contribution < -0.4 is 10.6 Å². The molecule has 1 rings (SSSR count). The largest absolute Gasteiger partial charge is 0.383 e. The van der Waals surface area contributed by atoms with Crippen LogP contribution in [0.25, 0.3) is 0 Å². The Labute approximate surface area is 140 Å². The summed E-state index contributed by atoms with van der Waals surface area (Å²) in [5.74, 6) is 0.807. The number of ether oxygens (including phenoxy) is 2. The standard InChI is InChI=1S/C14H29N3O2.HI/c1-15-14(16-9-11-18-2)17-10-12-19-13-7-5-3-4-6-8-13;/h13H,3-12H2,1-2H3,(H2,15,16,17);1H. The molecule has 1 saturated carbocycles. The SMILES string of the molecule is CN=C(NCCOC)NCCOC1CCCCCC1.I. The lowest BCUT2D eigenvalue weighted by molar-refractivity contribution is 0.0468. The minimum atomic E-state index is 0. The first-order chi connectivity index (χ1) is 9.36. The molecule has 0 aromatic rings. The van der Waals surface area contributed by atoms with Crippen molar-refractivity contribution in [1.82, 2.24) is 10.6 Å². The minimum absolute atomic E-state index is 0. The Morgan fingerprint density at radius 1 is 1.05 bits per heavy atom. The summed E-state index contributed by atoms with van der Waals surface area (Å²) in [7, 11) is 3.47. The number of halogens is 1. The van der Waals surface area contributed by atoms with E-state index >= 15 is 0 Å². The van der Waals surface area contributed by atoms with Gasteiger partial charge in [-0.15, -0.1) is 24.0 Å². The minimum Gasteiger partial charge on any atom is -0.383 e. The van der Waals surface area contributed by atoms with Crippen LogP contribution in [0, 0.1) is 0 Å². The van der Waals surface area contributed by atoms with Gasteiger partial charge in [0.1, 0.15) is 0 Å². The first kappa shape index (κ1) is 19.9. The zero-order valence-electron chi connectivity index (χ0n) is 12.8. The van der Waals surface area contributed by atoms with Crippen LogP contribution in [0.3, 0.4) is 0 Å².